The lowest BCUT2D eigenvalue weighted by Gasteiger charge is -2.45. The molecule has 1 atom stereocenters. The first-order chi connectivity index (χ1) is 16.2. The van der Waals surface area contributed by atoms with Crippen molar-refractivity contribution in [1.29, 1.82) is 5.26 Å². The fourth-order valence-electron chi connectivity index (χ4n) is 5.77. The van der Waals surface area contributed by atoms with E-state index in [0.717, 1.165) is 51.6 Å². The predicted octanol–water partition coefficient (Wildman–Crippen LogP) is 9.04. The minimum absolute atomic E-state index is 0.101. The Hall–Kier alpha value is -1.85. The van der Waals surface area contributed by atoms with Crippen LogP contribution in [0.1, 0.15) is 109 Å². The molecule has 0 bridgehead atoms. The Labute approximate surface area is 203 Å². The Morgan fingerprint density at radius 2 is 1.64 bits per heavy atom. The molecule has 2 heteroatoms. The van der Waals surface area contributed by atoms with Gasteiger partial charge in [-0.3, -0.25) is 0 Å². The molecule has 0 spiro atoms. The van der Waals surface area contributed by atoms with E-state index in [0.29, 0.717) is 5.92 Å². The minimum atomic E-state index is -0.200. The second-order valence-corrected chi connectivity index (χ2v) is 10.4. The number of rotatable bonds is 13. The number of hydrogen-bond donors (Lipinski definition) is 0. The summed E-state index contributed by atoms with van der Waals surface area (Å²) in [5, 5.41) is 10.0. The first-order valence-corrected chi connectivity index (χ1v) is 13.7. The van der Waals surface area contributed by atoms with Crippen molar-refractivity contribution >= 4 is 5.57 Å². The number of allylic oxidation sites excluding steroid dienone is 2. The van der Waals surface area contributed by atoms with Gasteiger partial charge in [-0.25, -0.2) is 0 Å². The third-order valence-electron chi connectivity index (χ3n) is 8.04. The van der Waals surface area contributed by atoms with Crippen LogP contribution in [0.3, 0.4) is 0 Å². The van der Waals surface area contributed by atoms with Gasteiger partial charge in [-0.2, -0.15) is 5.26 Å². The van der Waals surface area contributed by atoms with Crippen molar-refractivity contribution in [1.82, 2.24) is 0 Å². The molecule has 0 heterocycles. The highest BCUT2D eigenvalue weighted by atomic mass is 16.5. The molecule has 0 N–H and O–H groups in total. The van der Waals surface area contributed by atoms with Crippen molar-refractivity contribution < 1.29 is 4.74 Å². The first-order valence-electron chi connectivity index (χ1n) is 13.7. The van der Waals surface area contributed by atoms with E-state index in [9.17, 15) is 5.26 Å². The molecule has 0 aromatic heterocycles. The van der Waals surface area contributed by atoms with Crippen LogP contribution < -0.4 is 0 Å². The summed E-state index contributed by atoms with van der Waals surface area (Å²) in [5.41, 5.74) is 2.29. The molecule has 2 nitrogen and oxygen atoms in total. The molecule has 3 rings (SSSR count). The van der Waals surface area contributed by atoms with Gasteiger partial charge in [0.25, 0.3) is 0 Å². The summed E-state index contributed by atoms with van der Waals surface area (Å²) in [6.07, 6.45) is 23.3. The smallest absolute Gasteiger partial charge is 0.0928 e. The summed E-state index contributed by atoms with van der Waals surface area (Å²) in [4.78, 5) is 0. The fraction of sp³-hybridized carbons (Fsp3) is 0.645. The van der Waals surface area contributed by atoms with Crippen molar-refractivity contribution in [3.63, 3.8) is 0 Å². The summed E-state index contributed by atoms with van der Waals surface area (Å²) in [6.45, 7) is 5.35. The van der Waals surface area contributed by atoms with Crippen LogP contribution in [0.5, 0.6) is 0 Å². The molecule has 1 fully saturated rings. The van der Waals surface area contributed by atoms with Crippen LogP contribution in [-0.4, -0.2) is 12.2 Å². The van der Waals surface area contributed by atoms with Crippen molar-refractivity contribution in [2.24, 2.45) is 11.3 Å². The highest BCUT2D eigenvalue weighted by Crippen LogP contribution is 2.49. The van der Waals surface area contributed by atoms with E-state index >= 15 is 0 Å². The Bertz CT molecular complexity index is 794. The maximum absolute atomic E-state index is 10.0. The van der Waals surface area contributed by atoms with Crippen LogP contribution in [0.15, 0.2) is 48.6 Å². The SMILES string of the molecule is CCCCCCOC1(C2CCC(C#N)(CCCCCC)CC2)C=CC(c2ccccc2)=CC1. The number of benzene rings is 1. The van der Waals surface area contributed by atoms with Crippen LogP contribution in [0.25, 0.3) is 5.57 Å². The second-order valence-electron chi connectivity index (χ2n) is 10.4. The van der Waals surface area contributed by atoms with E-state index in [1.54, 1.807) is 0 Å². The van der Waals surface area contributed by atoms with Crippen molar-refractivity contribution in [2.45, 2.75) is 109 Å². The van der Waals surface area contributed by atoms with Gasteiger partial charge < -0.3 is 4.74 Å². The molecule has 33 heavy (non-hydrogen) atoms. The molecule has 0 saturated heterocycles. The molecule has 2 aliphatic rings. The average Bonchev–Trinajstić information content (AvgIpc) is 2.88. The Morgan fingerprint density at radius 3 is 2.24 bits per heavy atom. The van der Waals surface area contributed by atoms with E-state index in [4.69, 9.17) is 4.74 Å². The zero-order chi connectivity index (χ0) is 23.4. The Balaban J connectivity index is 1.66. The first kappa shape index (κ1) is 25.8. The molecule has 0 amide bonds. The molecule has 0 aliphatic heterocycles. The molecular weight excluding hydrogens is 402 g/mol. The lowest BCUT2D eigenvalue weighted by atomic mass is 9.63. The van der Waals surface area contributed by atoms with Crippen molar-refractivity contribution in [3.05, 3.63) is 54.1 Å². The molecule has 0 radical (unpaired) electrons. The van der Waals surface area contributed by atoms with Crippen LogP contribution in [0, 0.1) is 22.7 Å². The largest absolute Gasteiger partial charge is 0.370 e. The monoisotopic (exact) mass is 447 g/mol. The van der Waals surface area contributed by atoms with Gasteiger partial charge in [-0.05, 0) is 62.0 Å². The zero-order valence-corrected chi connectivity index (χ0v) is 21.2. The zero-order valence-electron chi connectivity index (χ0n) is 21.2. The quantitative estimate of drug-likeness (QED) is 0.282. The predicted molar refractivity (Wildman–Crippen MR) is 140 cm³/mol. The normalized spacial score (nSPS) is 27.2. The van der Waals surface area contributed by atoms with Gasteiger partial charge in [0.1, 0.15) is 0 Å². The highest BCUT2D eigenvalue weighted by Gasteiger charge is 2.44. The minimum Gasteiger partial charge on any atom is -0.370 e. The summed E-state index contributed by atoms with van der Waals surface area (Å²) in [6, 6.07) is 13.4. The Morgan fingerprint density at radius 1 is 0.939 bits per heavy atom. The second kappa shape index (κ2) is 13.1. The van der Waals surface area contributed by atoms with Gasteiger partial charge >= 0.3 is 0 Å². The van der Waals surface area contributed by atoms with Gasteiger partial charge in [0.05, 0.1) is 17.1 Å². The Kier molecular flexibility index (Phi) is 10.3. The van der Waals surface area contributed by atoms with Crippen LogP contribution in [0.2, 0.25) is 0 Å². The van der Waals surface area contributed by atoms with Crippen molar-refractivity contribution in [3.8, 4) is 6.07 Å². The molecule has 1 aromatic rings. The number of nitriles is 1. The van der Waals surface area contributed by atoms with Gasteiger partial charge in [-0.15, -0.1) is 0 Å². The lowest BCUT2D eigenvalue weighted by molar-refractivity contribution is -0.0685. The third-order valence-corrected chi connectivity index (χ3v) is 8.04. The summed E-state index contributed by atoms with van der Waals surface area (Å²) >= 11 is 0. The third kappa shape index (κ3) is 7.07. The summed E-state index contributed by atoms with van der Waals surface area (Å²) < 4.78 is 6.74. The van der Waals surface area contributed by atoms with Gasteiger partial charge in [0.2, 0.25) is 0 Å². The van der Waals surface area contributed by atoms with Crippen LogP contribution in [-0.2, 0) is 4.74 Å². The number of ether oxygens (including phenoxy) is 1. The molecule has 2 aliphatic carbocycles. The summed E-state index contributed by atoms with van der Waals surface area (Å²) in [5.74, 6) is 0.505. The summed E-state index contributed by atoms with van der Waals surface area (Å²) in [7, 11) is 0. The van der Waals surface area contributed by atoms with E-state index in [1.807, 2.05) is 0 Å². The van der Waals surface area contributed by atoms with Crippen LogP contribution in [0.4, 0.5) is 0 Å². The van der Waals surface area contributed by atoms with E-state index in [-0.39, 0.29) is 11.0 Å². The molecule has 180 valence electrons. The number of unbranched alkanes of at least 4 members (excludes halogenated alkanes) is 6. The maximum Gasteiger partial charge on any atom is 0.0928 e. The molecule has 1 aromatic carbocycles. The number of hydrogen-bond acceptors (Lipinski definition) is 2. The standard InChI is InChI=1S/C31H45NO/c1-3-5-7-12-20-30(26-32)21-18-29(19-22-30)31(33-25-13-8-6-4-2)23-16-28(17-24-31)27-14-10-9-11-15-27/h9-11,14-17,23,29H,3-8,12-13,18-22,24-25H2,1-2H3. The molecular formula is C31H45NO. The fourth-order valence-corrected chi connectivity index (χ4v) is 5.77. The van der Waals surface area contributed by atoms with E-state index < -0.39 is 0 Å². The molecule has 1 unspecified atom stereocenters. The van der Waals surface area contributed by atoms with Gasteiger partial charge in [-0.1, -0.05) is 107 Å². The van der Waals surface area contributed by atoms with Gasteiger partial charge in [0, 0.05) is 6.61 Å². The van der Waals surface area contributed by atoms with E-state index in [2.05, 4.69) is 68.5 Å². The highest BCUT2D eigenvalue weighted by molar-refractivity contribution is 5.75. The van der Waals surface area contributed by atoms with Crippen LogP contribution >= 0.6 is 0 Å². The van der Waals surface area contributed by atoms with Gasteiger partial charge in [0.15, 0.2) is 0 Å². The van der Waals surface area contributed by atoms with E-state index in [1.165, 1.54) is 56.1 Å². The average molecular weight is 448 g/mol. The molecule has 1 saturated carbocycles. The number of nitrogens with zero attached hydrogens (tertiary/aromatic N) is 1. The topological polar surface area (TPSA) is 33.0 Å². The lowest BCUT2D eigenvalue weighted by Crippen LogP contribution is -2.43. The maximum atomic E-state index is 10.0. The van der Waals surface area contributed by atoms with Crippen molar-refractivity contribution in [2.75, 3.05) is 6.61 Å².